The van der Waals surface area contributed by atoms with Gasteiger partial charge in [0.25, 0.3) is 0 Å². The molecule has 3 rings (SSSR count). The normalized spacial score (nSPS) is 20.4. The van der Waals surface area contributed by atoms with Gasteiger partial charge in [0.1, 0.15) is 16.9 Å². The second-order valence-corrected chi connectivity index (χ2v) is 6.06. The molecule has 0 bridgehead atoms. The minimum atomic E-state index is 0.0691. The molecule has 0 saturated carbocycles. The Morgan fingerprint density at radius 3 is 2.85 bits per heavy atom. The fraction of sp³-hybridized carbons (Fsp3) is 0.571. The molecule has 0 spiro atoms. The molecule has 0 unspecified atom stereocenters. The first-order valence-corrected chi connectivity index (χ1v) is 7.68. The van der Waals surface area contributed by atoms with E-state index in [2.05, 4.69) is 20.2 Å². The summed E-state index contributed by atoms with van der Waals surface area (Å²) in [6.07, 6.45) is 0.0691. The van der Waals surface area contributed by atoms with Crippen LogP contribution in [0.2, 0.25) is 0 Å². The maximum absolute atomic E-state index is 5.83. The van der Waals surface area contributed by atoms with E-state index in [9.17, 15) is 0 Å². The molecule has 5 nitrogen and oxygen atoms in total. The Morgan fingerprint density at radius 1 is 1.35 bits per heavy atom. The van der Waals surface area contributed by atoms with Crippen LogP contribution in [0.4, 0.5) is 0 Å². The molecule has 1 fully saturated rings. The maximum Gasteiger partial charge on any atom is 0.208 e. The van der Waals surface area contributed by atoms with Crippen LogP contribution in [0.15, 0.2) is 9.80 Å². The third-order valence-corrected chi connectivity index (χ3v) is 4.55. The Morgan fingerprint density at radius 2 is 2.20 bits per heavy atom. The van der Waals surface area contributed by atoms with E-state index in [0.29, 0.717) is 0 Å². The molecule has 0 aliphatic carbocycles. The van der Waals surface area contributed by atoms with Gasteiger partial charge in [-0.25, -0.2) is 9.97 Å². The number of aryl methyl sites for hydroxylation is 3. The summed E-state index contributed by atoms with van der Waals surface area (Å²) in [5, 5.41) is 3.13. The van der Waals surface area contributed by atoms with Crippen LogP contribution in [0.3, 0.4) is 0 Å². The monoisotopic (exact) mass is 293 g/mol. The first-order valence-electron chi connectivity index (χ1n) is 6.80. The highest BCUT2D eigenvalue weighted by Crippen LogP contribution is 2.26. The van der Waals surface area contributed by atoms with Crippen LogP contribution in [0, 0.1) is 20.8 Å². The van der Waals surface area contributed by atoms with Gasteiger partial charge in [-0.05, 0) is 20.8 Å². The van der Waals surface area contributed by atoms with E-state index in [1.807, 2.05) is 20.8 Å². The van der Waals surface area contributed by atoms with Crippen LogP contribution in [-0.2, 0) is 11.3 Å². The fourth-order valence-corrected chi connectivity index (χ4v) is 3.15. The Kier molecular flexibility index (Phi) is 3.87. The lowest BCUT2D eigenvalue weighted by atomic mass is 10.3. The Hall–Kier alpha value is -1.24. The molecule has 1 saturated heterocycles. The summed E-state index contributed by atoms with van der Waals surface area (Å²) in [5.74, 6) is 1.69. The SMILES string of the molecule is Cc1csc([C@H]2CN(Cc3nc(C)c(C)o3)CCO2)n1. The largest absolute Gasteiger partial charge is 0.444 e. The van der Waals surface area contributed by atoms with Crippen molar-refractivity contribution < 1.29 is 9.15 Å². The van der Waals surface area contributed by atoms with Crippen molar-refractivity contribution in [2.24, 2.45) is 0 Å². The molecule has 6 heteroatoms. The number of thiazole rings is 1. The average molecular weight is 293 g/mol. The predicted octanol–water partition coefficient (Wildman–Crippen LogP) is 2.63. The number of hydrogen-bond acceptors (Lipinski definition) is 6. The zero-order valence-electron chi connectivity index (χ0n) is 12.0. The van der Waals surface area contributed by atoms with E-state index in [-0.39, 0.29) is 6.10 Å². The molecule has 0 N–H and O–H groups in total. The summed E-state index contributed by atoms with van der Waals surface area (Å²) in [6.45, 7) is 9.14. The van der Waals surface area contributed by atoms with Crippen LogP contribution in [-0.4, -0.2) is 34.6 Å². The van der Waals surface area contributed by atoms with Crippen LogP contribution < -0.4 is 0 Å². The van der Waals surface area contributed by atoms with Gasteiger partial charge < -0.3 is 9.15 Å². The van der Waals surface area contributed by atoms with E-state index in [0.717, 1.165) is 54.3 Å². The van der Waals surface area contributed by atoms with Crippen LogP contribution in [0.1, 0.15) is 34.2 Å². The van der Waals surface area contributed by atoms with Crippen molar-refractivity contribution in [2.45, 2.75) is 33.4 Å². The Bertz CT molecular complexity index is 574. The van der Waals surface area contributed by atoms with Crippen LogP contribution in [0.25, 0.3) is 0 Å². The highest BCUT2D eigenvalue weighted by atomic mass is 32.1. The molecule has 20 heavy (non-hydrogen) atoms. The predicted molar refractivity (Wildman–Crippen MR) is 76.8 cm³/mol. The second-order valence-electron chi connectivity index (χ2n) is 5.17. The highest BCUT2D eigenvalue weighted by Gasteiger charge is 2.25. The summed E-state index contributed by atoms with van der Waals surface area (Å²) < 4.78 is 11.5. The van der Waals surface area contributed by atoms with E-state index < -0.39 is 0 Å². The van der Waals surface area contributed by atoms with E-state index >= 15 is 0 Å². The molecule has 2 aromatic heterocycles. The lowest BCUT2D eigenvalue weighted by molar-refractivity contribution is -0.0353. The Labute approximate surface area is 122 Å². The van der Waals surface area contributed by atoms with Crippen molar-refractivity contribution in [2.75, 3.05) is 19.7 Å². The lowest BCUT2D eigenvalue weighted by Gasteiger charge is -2.30. The van der Waals surface area contributed by atoms with Crippen LogP contribution in [0.5, 0.6) is 0 Å². The summed E-state index contributed by atoms with van der Waals surface area (Å²) >= 11 is 1.67. The van der Waals surface area contributed by atoms with Gasteiger partial charge in [0.15, 0.2) is 0 Å². The lowest BCUT2D eigenvalue weighted by Crippen LogP contribution is -2.37. The van der Waals surface area contributed by atoms with E-state index in [1.54, 1.807) is 11.3 Å². The van der Waals surface area contributed by atoms with Gasteiger partial charge in [0, 0.05) is 24.2 Å². The van der Waals surface area contributed by atoms with E-state index in [1.165, 1.54) is 0 Å². The zero-order chi connectivity index (χ0) is 14.1. The van der Waals surface area contributed by atoms with Gasteiger partial charge in [-0.3, -0.25) is 4.90 Å². The molecular weight excluding hydrogens is 274 g/mol. The molecule has 2 aromatic rings. The molecule has 108 valence electrons. The van der Waals surface area contributed by atoms with Crippen molar-refractivity contribution in [1.29, 1.82) is 0 Å². The van der Waals surface area contributed by atoms with Gasteiger partial charge in [0.2, 0.25) is 5.89 Å². The minimum Gasteiger partial charge on any atom is -0.444 e. The van der Waals surface area contributed by atoms with Crippen LogP contribution >= 0.6 is 11.3 Å². The number of morpholine rings is 1. The highest BCUT2D eigenvalue weighted by molar-refractivity contribution is 7.09. The fourth-order valence-electron chi connectivity index (χ4n) is 2.31. The number of aromatic nitrogens is 2. The summed E-state index contributed by atoms with van der Waals surface area (Å²) in [4.78, 5) is 11.3. The van der Waals surface area contributed by atoms with Gasteiger partial charge in [-0.2, -0.15) is 0 Å². The molecule has 1 aliphatic rings. The van der Waals surface area contributed by atoms with Gasteiger partial charge in [0.05, 0.1) is 18.8 Å². The molecular formula is C14H19N3O2S. The van der Waals surface area contributed by atoms with Crippen molar-refractivity contribution >= 4 is 11.3 Å². The smallest absolute Gasteiger partial charge is 0.208 e. The summed E-state index contributed by atoms with van der Waals surface area (Å²) in [5.41, 5.74) is 2.03. The molecule has 0 aromatic carbocycles. The average Bonchev–Trinajstić information content (AvgIpc) is 2.97. The van der Waals surface area contributed by atoms with Gasteiger partial charge in [-0.1, -0.05) is 0 Å². The number of nitrogens with zero attached hydrogens (tertiary/aromatic N) is 3. The first kappa shape index (κ1) is 13.7. The van der Waals surface area contributed by atoms with Gasteiger partial charge >= 0.3 is 0 Å². The number of hydrogen-bond donors (Lipinski definition) is 0. The quantitative estimate of drug-likeness (QED) is 0.870. The second kappa shape index (κ2) is 5.63. The van der Waals surface area contributed by atoms with Crippen molar-refractivity contribution in [1.82, 2.24) is 14.9 Å². The summed E-state index contributed by atoms with van der Waals surface area (Å²) in [6, 6.07) is 0. The van der Waals surface area contributed by atoms with Crippen molar-refractivity contribution in [3.05, 3.63) is 33.4 Å². The Balaban J connectivity index is 1.66. The van der Waals surface area contributed by atoms with Gasteiger partial charge in [-0.15, -0.1) is 11.3 Å². The third-order valence-electron chi connectivity index (χ3n) is 3.49. The first-order chi connectivity index (χ1) is 9.61. The molecule has 1 aliphatic heterocycles. The van der Waals surface area contributed by atoms with Crippen molar-refractivity contribution in [3.8, 4) is 0 Å². The standard InChI is InChI=1S/C14H19N3O2S/c1-9-8-20-14(15-9)12-6-17(4-5-18-12)7-13-16-10(2)11(3)19-13/h8,12H,4-7H2,1-3H3/t12-/m1/s1. The number of oxazole rings is 1. The minimum absolute atomic E-state index is 0.0691. The number of rotatable bonds is 3. The zero-order valence-corrected chi connectivity index (χ0v) is 12.9. The number of ether oxygens (including phenoxy) is 1. The van der Waals surface area contributed by atoms with Crippen molar-refractivity contribution in [3.63, 3.8) is 0 Å². The molecule has 0 amide bonds. The molecule has 0 radical (unpaired) electrons. The maximum atomic E-state index is 5.83. The molecule has 1 atom stereocenters. The molecule has 3 heterocycles. The van der Waals surface area contributed by atoms with E-state index in [4.69, 9.17) is 9.15 Å². The third kappa shape index (κ3) is 2.92. The topological polar surface area (TPSA) is 51.4 Å². The summed E-state index contributed by atoms with van der Waals surface area (Å²) in [7, 11) is 0.